The van der Waals surface area contributed by atoms with Crippen LogP contribution in [0.4, 0.5) is 0 Å². The van der Waals surface area contributed by atoms with Gasteiger partial charge in [-0.1, -0.05) is 12.8 Å². The number of ether oxygens (including phenoxy) is 1. The molecule has 2 heteroatoms. The summed E-state index contributed by atoms with van der Waals surface area (Å²) in [6.45, 7) is 3.19. The van der Waals surface area contributed by atoms with Gasteiger partial charge in [0.2, 0.25) is 0 Å². The predicted molar refractivity (Wildman–Crippen MR) is 44.6 cm³/mol. The topological polar surface area (TPSA) is 21.3 Å². The summed E-state index contributed by atoms with van der Waals surface area (Å²) < 4.78 is 5.83. The van der Waals surface area contributed by atoms with Crippen LogP contribution in [0.15, 0.2) is 0 Å². The molecule has 1 saturated carbocycles. The molecule has 0 aromatic carbocycles. The van der Waals surface area contributed by atoms with Crippen molar-refractivity contribution in [1.29, 1.82) is 0 Å². The maximum atomic E-state index is 5.83. The van der Waals surface area contributed by atoms with E-state index in [9.17, 15) is 0 Å². The molecule has 0 aromatic heterocycles. The van der Waals surface area contributed by atoms with E-state index in [4.69, 9.17) is 4.74 Å². The summed E-state index contributed by atoms with van der Waals surface area (Å²) >= 11 is 0. The SMILES string of the molecule is CC1CNC2CCCCC2O1. The lowest BCUT2D eigenvalue weighted by atomic mass is 9.91. The molecule has 2 nitrogen and oxygen atoms in total. The largest absolute Gasteiger partial charge is 0.372 e. The Kier molecular flexibility index (Phi) is 2.14. The summed E-state index contributed by atoms with van der Waals surface area (Å²) in [5.74, 6) is 0. The van der Waals surface area contributed by atoms with Gasteiger partial charge in [0, 0.05) is 12.6 Å². The Morgan fingerprint density at radius 2 is 2.09 bits per heavy atom. The summed E-state index contributed by atoms with van der Waals surface area (Å²) in [5.41, 5.74) is 0. The molecule has 1 aliphatic carbocycles. The Morgan fingerprint density at radius 3 is 3.00 bits per heavy atom. The summed E-state index contributed by atoms with van der Waals surface area (Å²) in [5, 5.41) is 3.55. The second-order valence-corrected chi connectivity index (χ2v) is 3.78. The van der Waals surface area contributed by atoms with Crippen LogP contribution < -0.4 is 5.32 Å². The lowest BCUT2D eigenvalue weighted by Gasteiger charge is -2.39. The van der Waals surface area contributed by atoms with Gasteiger partial charge in [-0.05, 0) is 19.8 Å². The molecule has 0 aromatic rings. The lowest BCUT2D eigenvalue weighted by molar-refractivity contribution is -0.0691. The zero-order valence-electron chi connectivity index (χ0n) is 7.18. The minimum Gasteiger partial charge on any atom is -0.372 e. The van der Waals surface area contributed by atoms with E-state index in [0.29, 0.717) is 18.2 Å². The summed E-state index contributed by atoms with van der Waals surface area (Å²) in [4.78, 5) is 0. The van der Waals surface area contributed by atoms with E-state index in [-0.39, 0.29) is 0 Å². The smallest absolute Gasteiger partial charge is 0.0732 e. The monoisotopic (exact) mass is 155 g/mol. The minimum absolute atomic E-state index is 0.425. The van der Waals surface area contributed by atoms with Crippen molar-refractivity contribution in [1.82, 2.24) is 5.32 Å². The zero-order valence-corrected chi connectivity index (χ0v) is 7.18. The van der Waals surface area contributed by atoms with Crippen molar-refractivity contribution < 1.29 is 4.74 Å². The first-order valence-electron chi connectivity index (χ1n) is 4.75. The first-order valence-corrected chi connectivity index (χ1v) is 4.75. The van der Waals surface area contributed by atoms with Gasteiger partial charge in [-0.15, -0.1) is 0 Å². The quantitative estimate of drug-likeness (QED) is 0.569. The highest BCUT2D eigenvalue weighted by Gasteiger charge is 2.30. The predicted octanol–water partition coefficient (Wildman–Crippen LogP) is 1.31. The highest BCUT2D eigenvalue weighted by molar-refractivity contribution is 4.86. The first-order chi connectivity index (χ1) is 5.36. The van der Waals surface area contributed by atoms with E-state index in [0.717, 1.165) is 6.54 Å². The van der Waals surface area contributed by atoms with Crippen LogP contribution in [0, 0.1) is 0 Å². The first kappa shape index (κ1) is 7.56. The molecule has 1 N–H and O–H groups in total. The van der Waals surface area contributed by atoms with Crippen LogP contribution in [0.1, 0.15) is 32.6 Å². The number of morpholine rings is 1. The Balaban J connectivity index is 1.93. The highest BCUT2D eigenvalue weighted by atomic mass is 16.5. The van der Waals surface area contributed by atoms with Crippen LogP contribution in [-0.4, -0.2) is 24.8 Å². The molecule has 2 aliphatic rings. The molecule has 0 spiro atoms. The van der Waals surface area contributed by atoms with Crippen molar-refractivity contribution in [3.8, 4) is 0 Å². The maximum absolute atomic E-state index is 5.83. The van der Waals surface area contributed by atoms with Gasteiger partial charge in [-0.2, -0.15) is 0 Å². The number of hydrogen-bond donors (Lipinski definition) is 1. The lowest BCUT2D eigenvalue weighted by Crippen LogP contribution is -2.52. The summed E-state index contributed by atoms with van der Waals surface area (Å²) in [6, 6.07) is 0.667. The maximum Gasteiger partial charge on any atom is 0.0732 e. The van der Waals surface area contributed by atoms with Crippen molar-refractivity contribution in [2.24, 2.45) is 0 Å². The molecular formula is C9H17NO. The van der Waals surface area contributed by atoms with E-state index in [1.165, 1.54) is 25.7 Å². The van der Waals surface area contributed by atoms with E-state index in [2.05, 4.69) is 12.2 Å². The van der Waals surface area contributed by atoms with E-state index < -0.39 is 0 Å². The van der Waals surface area contributed by atoms with Crippen LogP contribution in [0.25, 0.3) is 0 Å². The number of nitrogens with one attached hydrogen (secondary N) is 1. The Morgan fingerprint density at radius 1 is 1.27 bits per heavy atom. The van der Waals surface area contributed by atoms with Crippen LogP contribution >= 0.6 is 0 Å². The standard InChI is InChI=1S/C9H17NO/c1-7-6-10-8-4-2-3-5-9(8)11-7/h7-10H,2-6H2,1H3. The molecule has 0 radical (unpaired) electrons. The van der Waals surface area contributed by atoms with E-state index in [1.54, 1.807) is 0 Å². The molecule has 0 bridgehead atoms. The molecule has 2 fully saturated rings. The zero-order chi connectivity index (χ0) is 7.68. The van der Waals surface area contributed by atoms with Gasteiger partial charge < -0.3 is 10.1 Å². The molecule has 11 heavy (non-hydrogen) atoms. The van der Waals surface area contributed by atoms with Gasteiger partial charge in [0.25, 0.3) is 0 Å². The summed E-state index contributed by atoms with van der Waals surface area (Å²) in [6.07, 6.45) is 6.27. The second kappa shape index (κ2) is 3.11. The Labute approximate surface area is 68.3 Å². The molecule has 3 unspecified atom stereocenters. The van der Waals surface area contributed by atoms with E-state index in [1.807, 2.05) is 0 Å². The van der Waals surface area contributed by atoms with Crippen molar-refractivity contribution in [2.45, 2.75) is 50.9 Å². The Hall–Kier alpha value is -0.0800. The van der Waals surface area contributed by atoms with Crippen molar-refractivity contribution in [3.05, 3.63) is 0 Å². The fourth-order valence-corrected chi connectivity index (χ4v) is 2.16. The van der Waals surface area contributed by atoms with Crippen LogP contribution in [0.2, 0.25) is 0 Å². The number of rotatable bonds is 0. The van der Waals surface area contributed by atoms with Crippen LogP contribution in [-0.2, 0) is 4.74 Å². The molecule has 1 aliphatic heterocycles. The normalized spacial score (nSPS) is 45.0. The van der Waals surface area contributed by atoms with Gasteiger partial charge in [-0.3, -0.25) is 0 Å². The average molecular weight is 155 g/mol. The average Bonchev–Trinajstić information content (AvgIpc) is 2.04. The number of hydrogen-bond acceptors (Lipinski definition) is 2. The Bertz CT molecular complexity index is 138. The van der Waals surface area contributed by atoms with Crippen LogP contribution in [0.5, 0.6) is 0 Å². The molecule has 1 saturated heterocycles. The minimum atomic E-state index is 0.425. The van der Waals surface area contributed by atoms with Crippen molar-refractivity contribution in [2.75, 3.05) is 6.54 Å². The van der Waals surface area contributed by atoms with Crippen molar-refractivity contribution in [3.63, 3.8) is 0 Å². The molecular weight excluding hydrogens is 138 g/mol. The fraction of sp³-hybridized carbons (Fsp3) is 1.00. The molecule has 1 heterocycles. The third-order valence-corrected chi connectivity index (χ3v) is 2.78. The highest BCUT2D eigenvalue weighted by Crippen LogP contribution is 2.24. The third kappa shape index (κ3) is 1.57. The molecule has 3 atom stereocenters. The summed E-state index contributed by atoms with van der Waals surface area (Å²) in [7, 11) is 0. The molecule has 64 valence electrons. The van der Waals surface area contributed by atoms with E-state index >= 15 is 0 Å². The fourth-order valence-electron chi connectivity index (χ4n) is 2.16. The van der Waals surface area contributed by atoms with Gasteiger partial charge in [0.05, 0.1) is 12.2 Å². The third-order valence-electron chi connectivity index (χ3n) is 2.78. The molecule has 0 amide bonds. The number of fused-ring (bicyclic) bond motifs is 1. The second-order valence-electron chi connectivity index (χ2n) is 3.78. The van der Waals surface area contributed by atoms with Gasteiger partial charge >= 0.3 is 0 Å². The molecule has 2 rings (SSSR count). The van der Waals surface area contributed by atoms with Crippen LogP contribution in [0.3, 0.4) is 0 Å². The van der Waals surface area contributed by atoms with Gasteiger partial charge in [-0.25, -0.2) is 0 Å². The van der Waals surface area contributed by atoms with Gasteiger partial charge in [0.15, 0.2) is 0 Å². The van der Waals surface area contributed by atoms with Gasteiger partial charge in [0.1, 0.15) is 0 Å². The van der Waals surface area contributed by atoms with Crippen molar-refractivity contribution >= 4 is 0 Å².